The fourth-order valence-electron chi connectivity index (χ4n) is 2.46. The average Bonchev–Trinajstić information content (AvgIpc) is 2.85. The molecule has 2 rings (SSSR count). The van der Waals surface area contributed by atoms with Crippen molar-refractivity contribution in [2.75, 3.05) is 26.0 Å². The number of aromatic nitrogens is 2. The van der Waals surface area contributed by atoms with Crippen molar-refractivity contribution in [2.24, 2.45) is 5.92 Å². The van der Waals surface area contributed by atoms with Crippen LogP contribution in [0.5, 0.6) is 0 Å². The zero-order valence-electron chi connectivity index (χ0n) is 11.9. The summed E-state index contributed by atoms with van der Waals surface area (Å²) < 4.78 is 1.87. The van der Waals surface area contributed by atoms with Crippen molar-refractivity contribution in [3.05, 3.63) is 12.4 Å². The maximum Gasteiger partial charge on any atom is 0.227 e. The number of amides is 1. The van der Waals surface area contributed by atoms with Gasteiger partial charge in [-0.1, -0.05) is 19.3 Å². The van der Waals surface area contributed by atoms with Gasteiger partial charge in [0.2, 0.25) is 5.91 Å². The summed E-state index contributed by atoms with van der Waals surface area (Å²) in [5.41, 5.74) is 0.814. The van der Waals surface area contributed by atoms with Crippen LogP contribution in [0, 0.1) is 5.92 Å². The summed E-state index contributed by atoms with van der Waals surface area (Å²) in [5.74, 6) is 0.353. The minimum Gasteiger partial charge on any atom is -0.323 e. The molecule has 0 radical (unpaired) electrons. The van der Waals surface area contributed by atoms with E-state index >= 15 is 0 Å². The molecule has 1 aliphatic rings. The van der Waals surface area contributed by atoms with Crippen molar-refractivity contribution in [2.45, 2.75) is 38.6 Å². The quantitative estimate of drug-likeness (QED) is 0.884. The molecule has 1 fully saturated rings. The summed E-state index contributed by atoms with van der Waals surface area (Å²) in [4.78, 5) is 14.2. The summed E-state index contributed by atoms with van der Waals surface area (Å²) in [7, 11) is 4.07. The van der Waals surface area contributed by atoms with Crippen LogP contribution in [0.3, 0.4) is 0 Å². The number of likely N-dealkylation sites (N-methyl/N-ethyl adjacent to an activating group) is 1. The Balaban J connectivity index is 1.83. The molecule has 0 aliphatic heterocycles. The largest absolute Gasteiger partial charge is 0.323 e. The van der Waals surface area contributed by atoms with Crippen molar-refractivity contribution in [1.29, 1.82) is 0 Å². The molecule has 1 aromatic heterocycles. The molecule has 1 saturated carbocycles. The van der Waals surface area contributed by atoms with E-state index in [1.165, 1.54) is 19.3 Å². The second-order valence-electron chi connectivity index (χ2n) is 5.62. The zero-order chi connectivity index (χ0) is 13.7. The van der Waals surface area contributed by atoms with Crippen LogP contribution in [0.1, 0.15) is 32.1 Å². The van der Waals surface area contributed by atoms with Gasteiger partial charge in [-0.25, -0.2) is 0 Å². The SMILES string of the molecule is CN(C)CCn1cc(NC(=O)C2CCCCC2)cn1. The first kappa shape index (κ1) is 14.1. The van der Waals surface area contributed by atoms with Gasteiger partial charge in [0.25, 0.3) is 0 Å². The van der Waals surface area contributed by atoms with Crippen LogP contribution < -0.4 is 5.32 Å². The van der Waals surface area contributed by atoms with Gasteiger partial charge in [-0.15, -0.1) is 0 Å². The van der Waals surface area contributed by atoms with Crippen molar-refractivity contribution in [3.8, 4) is 0 Å². The Morgan fingerprint density at radius 3 is 2.84 bits per heavy atom. The Morgan fingerprint density at radius 2 is 2.16 bits per heavy atom. The highest BCUT2D eigenvalue weighted by atomic mass is 16.1. The van der Waals surface area contributed by atoms with Gasteiger partial charge in [0.15, 0.2) is 0 Å². The van der Waals surface area contributed by atoms with E-state index in [2.05, 4.69) is 15.3 Å². The Hall–Kier alpha value is -1.36. The van der Waals surface area contributed by atoms with E-state index in [-0.39, 0.29) is 11.8 Å². The van der Waals surface area contributed by atoms with E-state index in [0.29, 0.717) is 0 Å². The molecule has 0 unspecified atom stereocenters. The summed E-state index contributed by atoms with van der Waals surface area (Å²) in [6, 6.07) is 0. The molecule has 5 heteroatoms. The zero-order valence-corrected chi connectivity index (χ0v) is 11.9. The highest BCUT2D eigenvalue weighted by Crippen LogP contribution is 2.24. The van der Waals surface area contributed by atoms with E-state index in [9.17, 15) is 4.79 Å². The molecule has 1 heterocycles. The van der Waals surface area contributed by atoms with Crippen molar-refractivity contribution in [1.82, 2.24) is 14.7 Å². The van der Waals surface area contributed by atoms with E-state index in [0.717, 1.165) is 31.6 Å². The fourth-order valence-corrected chi connectivity index (χ4v) is 2.46. The maximum absolute atomic E-state index is 12.1. The van der Waals surface area contributed by atoms with Gasteiger partial charge in [-0.2, -0.15) is 5.10 Å². The predicted molar refractivity (Wildman–Crippen MR) is 76.0 cm³/mol. The van der Waals surface area contributed by atoms with Crippen LogP contribution in [-0.2, 0) is 11.3 Å². The van der Waals surface area contributed by atoms with Crippen LogP contribution in [-0.4, -0.2) is 41.2 Å². The molecular weight excluding hydrogens is 240 g/mol. The van der Waals surface area contributed by atoms with E-state index in [1.807, 2.05) is 25.0 Å². The molecule has 0 bridgehead atoms. The molecule has 1 amide bonds. The minimum absolute atomic E-state index is 0.159. The molecule has 1 N–H and O–H groups in total. The third-order valence-electron chi connectivity index (χ3n) is 3.65. The third kappa shape index (κ3) is 4.35. The lowest BCUT2D eigenvalue weighted by Crippen LogP contribution is -2.24. The highest BCUT2D eigenvalue weighted by Gasteiger charge is 2.21. The lowest BCUT2D eigenvalue weighted by atomic mass is 9.89. The maximum atomic E-state index is 12.1. The van der Waals surface area contributed by atoms with Crippen LogP contribution >= 0.6 is 0 Å². The van der Waals surface area contributed by atoms with Crippen molar-refractivity contribution < 1.29 is 4.79 Å². The van der Waals surface area contributed by atoms with Crippen molar-refractivity contribution >= 4 is 11.6 Å². The molecule has 0 atom stereocenters. The predicted octanol–water partition coefficient (Wildman–Crippen LogP) is 1.96. The van der Waals surface area contributed by atoms with Gasteiger partial charge >= 0.3 is 0 Å². The summed E-state index contributed by atoms with van der Waals surface area (Å²) in [5, 5.41) is 7.25. The first-order valence-electron chi connectivity index (χ1n) is 7.13. The summed E-state index contributed by atoms with van der Waals surface area (Å²) in [6.07, 6.45) is 9.33. The number of hydrogen-bond donors (Lipinski definition) is 1. The van der Waals surface area contributed by atoms with Gasteiger partial charge in [0.1, 0.15) is 0 Å². The molecule has 106 valence electrons. The standard InChI is InChI=1S/C14H24N4O/c1-17(2)8-9-18-11-13(10-15-18)16-14(19)12-6-4-3-5-7-12/h10-12H,3-9H2,1-2H3,(H,16,19). The highest BCUT2D eigenvalue weighted by molar-refractivity contribution is 5.92. The molecule has 5 nitrogen and oxygen atoms in total. The Kier molecular flexibility index (Phi) is 4.96. The smallest absolute Gasteiger partial charge is 0.227 e. The summed E-state index contributed by atoms with van der Waals surface area (Å²) in [6.45, 7) is 1.78. The van der Waals surface area contributed by atoms with E-state index in [1.54, 1.807) is 6.20 Å². The average molecular weight is 264 g/mol. The number of hydrogen-bond acceptors (Lipinski definition) is 3. The summed E-state index contributed by atoms with van der Waals surface area (Å²) >= 11 is 0. The first-order valence-corrected chi connectivity index (χ1v) is 7.13. The minimum atomic E-state index is 0.159. The molecule has 1 aliphatic carbocycles. The van der Waals surface area contributed by atoms with E-state index in [4.69, 9.17) is 0 Å². The Labute approximate surface area is 115 Å². The fraction of sp³-hybridized carbons (Fsp3) is 0.714. The van der Waals surface area contributed by atoms with E-state index < -0.39 is 0 Å². The number of rotatable bonds is 5. The molecule has 0 aromatic carbocycles. The van der Waals surface area contributed by atoms with Crippen LogP contribution in [0.25, 0.3) is 0 Å². The monoisotopic (exact) mass is 264 g/mol. The Morgan fingerprint density at radius 1 is 1.42 bits per heavy atom. The van der Waals surface area contributed by atoms with Crippen LogP contribution in [0.4, 0.5) is 5.69 Å². The third-order valence-corrected chi connectivity index (χ3v) is 3.65. The Bertz CT molecular complexity index is 407. The number of nitrogens with zero attached hydrogens (tertiary/aromatic N) is 3. The van der Waals surface area contributed by atoms with Gasteiger partial charge in [-0.3, -0.25) is 9.48 Å². The number of carbonyl (C=O) groups excluding carboxylic acids is 1. The van der Waals surface area contributed by atoms with Gasteiger partial charge in [-0.05, 0) is 26.9 Å². The number of carbonyl (C=O) groups is 1. The van der Waals surface area contributed by atoms with Gasteiger partial charge in [0, 0.05) is 18.7 Å². The first-order chi connectivity index (χ1) is 9.15. The molecular formula is C14H24N4O. The normalized spacial score (nSPS) is 16.8. The number of anilines is 1. The number of nitrogens with one attached hydrogen (secondary N) is 1. The second-order valence-corrected chi connectivity index (χ2v) is 5.62. The molecule has 19 heavy (non-hydrogen) atoms. The molecule has 0 spiro atoms. The van der Waals surface area contributed by atoms with Crippen molar-refractivity contribution in [3.63, 3.8) is 0 Å². The van der Waals surface area contributed by atoms with Gasteiger partial charge < -0.3 is 10.2 Å². The topological polar surface area (TPSA) is 50.2 Å². The lowest BCUT2D eigenvalue weighted by molar-refractivity contribution is -0.120. The van der Waals surface area contributed by atoms with Crippen LogP contribution in [0.2, 0.25) is 0 Å². The van der Waals surface area contributed by atoms with Crippen LogP contribution in [0.15, 0.2) is 12.4 Å². The lowest BCUT2D eigenvalue weighted by Gasteiger charge is -2.20. The molecule has 1 aromatic rings. The van der Waals surface area contributed by atoms with Gasteiger partial charge in [0.05, 0.1) is 18.4 Å². The second kappa shape index (κ2) is 6.70. The molecule has 0 saturated heterocycles.